The summed E-state index contributed by atoms with van der Waals surface area (Å²) in [5.74, 6) is -0.291. The maximum Gasteiger partial charge on any atom is 0.329 e. The van der Waals surface area contributed by atoms with Crippen LogP contribution >= 0.6 is 27.5 Å². The molecule has 1 aliphatic heterocycles. The number of sulfonamides is 1. The molecule has 7 nitrogen and oxygen atoms in total. The van der Waals surface area contributed by atoms with Crippen LogP contribution in [-0.4, -0.2) is 36.4 Å². The third-order valence-electron chi connectivity index (χ3n) is 4.11. The molecule has 1 fully saturated rings. The van der Waals surface area contributed by atoms with E-state index in [1.54, 1.807) is 25.1 Å². The summed E-state index contributed by atoms with van der Waals surface area (Å²) in [6.45, 7) is 3.30. The monoisotopic (exact) mass is 462 g/mol. The molecule has 2 aromatic rings. The van der Waals surface area contributed by atoms with Crippen LogP contribution in [-0.2, 0) is 14.8 Å². The molecule has 0 unspecified atom stereocenters. The summed E-state index contributed by atoms with van der Waals surface area (Å²) in [6.07, 6.45) is 0.923. The van der Waals surface area contributed by atoms with Gasteiger partial charge in [0.2, 0.25) is 10.0 Å². The van der Waals surface area contributed by atoms with Gasteiger partial charge in [-0.05, 0) is 44.9 Å². The Bertz CT molecular complexity index is 940. The van der Waals surface area contributed by atoms with Crippen molar-refractivity contribution >= 4 is 43.5 Å². The van der Waals surface area contributed by atoms with Crippen LogP contribution in [0, 0.1) is 13.8 Å². The van der Waals surface area contributed by atoms with E-state index in [9.17, 15) is 13.2 Å². The van der Waals surface area contributed by atoms with Gasteiger partial charge in [0.1, 0.15) is 22.4 Å². The number of carbonyl (C=O) groups excluding carboxylic acids is 1. The zero-order valence-electron chi connectivity index (χ0n) is 14.0. The fourth-order valence-corrected chi connectivity index (χ4v) is 5.61. The maximum atomic E-state index is 13.0. The standard InChI is InChI=1S/C16H16BrClN2O5S/c1-9-15(10(2)25-19-9)26(22,23)20-7-3-4-13(20)16(21)24-14-6-5-11(17)8-12(14)18/h5-6,8,13H,3-4,7H2,1-2H3/t13-/m1/s1. The molecule has 0 spiro atoms. The van der Waals surface area contributed by atoms with Crippen LogP contribution in [0.1, 0.15) is 24.3 Å². The van der Waals surface area contributed by atoms with Crippen molar-refractivity contribution in [3.05, 3.63) is 39.1 Å². The lowest BCUT2D eigenvalue weighted by molar-refractivity contribution is -0.137. The number of hydrogen-bond acceptors (Lipinski definition) is 6. The molecule has 1 aromatic carbocycles. The molecule has 1 aromatic heterocycles. The Kier molecular flexibility index (Phi) is 5.43. The van der Waals surface area contributed by atoms with Crippen LogP contribution in [0.3, 0.4) is 0 Å². The molecule has 2 heterocycles. The SMILES string of the molecule is Cc1noc(C)c1S(=O)(=O)N1CCC[C@@H]1C(=O)Oc1ccc(Br)cc1Cl. The molecule has 0 N–H and O–H groups in total. The van der Waals surface area contributed by atoms with Crippen LogP contribution in [0.4, 0.5) is 0 Å². The summed E-state index contributed by atoms with van der Waals surface area (Å²) in [6, 6.07) is 3.90. The van der Waals surface area contributed by atoms with E-state index in [0.717, 1.165) is 8.78 Å². The van der Waals surface area contributed by atoms with Crippen molar-refractivity contribution in [3.8, 4) is 5.75 Å². The van der Waals surface area contributed by atoms with Crippen LogP contribution < -0.4 is 4.74 Å². The molecule has 0 radical (unpaired) electrons. The molecule has 0 amide bonds. The van der Waals surface area contributed by atoms with E-state index in [-0.39, 0.29) is 33.7 Å². The molecule has 0 aliphatic carbocycles. The summed E-state index contributed by atoms with van der Waals surface area (Å²) < 4.78 is 38.2. The topological polar surface area (TPSA) is 89.7 Å². The number of hydrogen-bond donors (Lipinski definition) is 0. The molecular weight excluding hydrogens is 448 g/mol. The summed E-state index contributed by atoms with van der Waals surface area (Å²) in [5, 5.41) is 3.95. The zero-order chi connectivity index (χ0) is 19.1. The van der Waals surface area contributed by atoms with E-state index in [0.29, 0.717) is 12.8 Å². The van der Waals surface area contributed by atoms with Gasteiger partial charge in [0.25, 0.3) is 0 Å². The van der Waals surface area contributed by atoms with Crippen molar-refractivity contribution in [2.75, 3.05) is 6.54 Å². The highest BCUT2D eigenvalue weighted by molar-refractivity contribution is 9.10. The van der Waals surface area contributed by atoms with Crippen LogP contribution in [0.5, 0.6) is 5.75 Å². The smallest absolute Gasteiger partial charge is 0.329 e. The number of esters is 1. The largest absolute Gasteiger partial charge is 0.424 e. The minimum atomic E-state index is -3.92. The quantitative estimate of drug-likeness (QED) is 0.509. The number of ether oxygens (including phenoxy) is 1. The predicted molar refractivity (Wildman–Crippen MR) is 97.7 cm³/mol. The second-order valence-electron chi connectivity index (χ2n) is 5.92. The molecule has 0 saturated carbocycles. The van der Waals surface area contributed by atoms with Gasteiger partial charge in [-0.15, -0.1) is 0 Å². The summed E-state index contributed by atoms with van der Waals surface area (Å²) in [5.41, 5.74) is 0.262. The average Bonchev–Trinajstić information content (AvgIpc) is 3.17. The fraction of sp³-hybridized carbons (Fsp3) is 0.375. The maximum absolute atomic E-state index is 13.0. The molecule has 1 aliphatic rings. The van der Waals surface area contributed by atoms with Gasteiger partial charge in [0.15, 0.2) is 5.76 Å². The van der Waals surface area contributed by atoms with Crippen molar-refractivity contribution < 1.29 is 22.5 Å². The number of rotatable bonds is 4. The Morgan fingerprint density at radius 2 is 2.15 bits per heavy atom. The van der Waals surface area contributed by atoms with Gasteiger partial charge in [-0.3, -0.25) is 0 Å². The number of aryl methyl sites for hydroxylation is 2. The lowest BCUT2D eigenvalue weighted by Crippen LogP contribution is -2.42. The normalized spacial score (nSPS) is 18.2. The number of nitrogens with zero attached hydrogens (tertiary/aromatic N) is 2. The third kappa shape index (κ3) is 3.53. The van der Waals surface area contributed by atoms with E-state index >= 15 is 0 Å². The first-order chi connectivity index (χ1) is 12.2. The highest BCUT2D eigenvalue weighted by atomic mass is 79.9. The number of halogens is 2. The first kappa shape index (κ1) is 19.3. The molecule has 0 bridgehead atoms. The van der Waals surface area contributed by atoms with Crippen molar-refractivity contribution in [2.24, 2.45) is 0 Å². The van der Waals surface area contributed by atoms with Gasteiger partial charge < -0.3 is 9.26 Å². The van der Waals surface area contributed by atoms with Crippen LogP contribution in [0.2, 0.25) is 5.02 Å². The number of aromatic nitrogens is 1. The molecule has 3 rings (SSSR count). The van der Waals surface area contributed by atoms with Crippen molar-refractivity contribution in [1.29, 1.82) is 0 Å². The fourth-order valence-electron chi connectivity index (χ4n) is 2.96. The Morgan fingerprint density at radius 3 is 2.77 bits per heavy atom. The highest BCUT2D eigenvalue weighted by Gasteiger charge is 2.43. The van der Waals surface area contributed by atoms with E-state index in [1.807, 2.05) is 0 Å². The molecule has 1 saturated heterocycles. The van der Waals surface area contributed by atoms with Crippen LogP contribution in [0.15, 0.2) is 32.1 Å². The lowest BCUT2D eigenvalue weighted by Gasteiger charge is -2.22. The second kappa shape index (κ2) is 7.30. The molecule has 140 valence electrons. The number of benzene rings is 1. The van der Waals surface area contributed by atoms with Gasteiger partial charge in [-0.2, -0.15) is 4.31 Å². The lowest BCUT2D eigenvalue weighted by atomic mass is 10.2. The number of carbonyl (C=O) groups is 1. The first-order valence-corrected chi connectivity index (χ1v) is 10.4. The van der Waals surface area contributed by atoms with Gasteiger partial charge >= 0.3 is 5.97 Å². The van der Waals surface area contributed by atoms with Crippen molar-refractivity contribution in [2.45, 2.75) is 37.6 Å². The minimum Gasteiger partial charge on any atom is -0.424 e. The summed E-state index contributed by atoms with van der Waals surface area (Å²) in [7, 11) is -3.92. The molecule has 26 heavy (non-hydrogen) atoms. The summed E-state index contributed by atoms with van der Waals surface area (Å²) >= 11 is 9.34. The Labute approximate surface area is 164 Å². The van der Waals surface area contributed by atoms with Gasteiger partial charge in [-0.1, -0.05) is 32.7 Å². The molecular formula is C16H16BrClN2O5S. The average molecular weight is 464 g/mol. The first-order valence-electron chi connectivity index (χ1n) is 7.83. The van der Waals surface area contributed by atoms with Gasteiger partial charge in [0.05, 0.1) is 5.02 Å². The summed E-state index contributed by atoms with van der Waals surface area (Å²) in [4.78, 5) is 12.6. The highest BCUT2D eigenvalue weighted by Crippen LogP contribution is 2.32. The van der Waals surface area contributed by atoms with E-state index < -0.39 is 22.0 Å². The Balaban J connectivity index is 1.87. The predicted octanol–water partition coefficient (Wildman–Crippen LogP) is 3.47. The van der Waals surface area contributed by atoms with Gasteiger partial charge in [0, 0.05) is 11.0 Å². The van der Waals surface area contributed by atoms with Crippen molar-refractivity contribution in [1.82, 2.24) is 9.46 Å². The molecule has 1 atom stereocenters. The van der Waals surface area contributed by atoms with E-state index in [1.165, 1.54) is 6.92 Å². The zero-order valence-corrected chi connectivity index (χ0v) is 17.2. The van der Waals surface area contributed by atoms with Crippen molar-refractivity contribution in [3.63, 3.8) is 0 Å². The van der Waals surface area contributed by atoms with E-state index in [2.05, 4.69) is 21.1 Å². The second-order valence-corrected chi connectivity index (χ2v) is 9.07. The minimum absolute atomic E-state index is 0.00104. The Hall–Kier alpha value is -1.42. The Morgan fingerprint density at radius 1 is 1.42 bits per heavy atom. The van der Waals surface area contributed by atoms with Gasteiger partial charge in [-0.25, -0.2) is 13.2 Å². The van der Waals surface area contributed by atoms with E-state index in [4.69, 9.17) is 20.9 Å². The van der Waals surface area contributed by atoms with Crippen LogP contribution in [0.25, 0.3) is 0 Å². The molecule has 10 heteroatoms. The third-order valence-corrected chi connectivity index (χ3v) is 7.06.